The van der Waals surface area contributed by atoms with Gasteiger partial charge in [0.05, 0.1) is 130 Å². The van der Waals surface area contributed by atoms with E-state index in [9.17, 15) is 9.50 Å². The summed E-state index contributed by atoms with van der Waals surface area (Å²) in [6.07, 6.45) is -1.57. The summed E-state index contributed by atoms with van der Waals surface area (Å²) < 4.78 is 115. The van der Waals surface area contributed by atoms with Crippen LogP contribution >= 0.6 is 98.4 Å². The van der Waals surface area contributed by atoms with Crippen LogP contribution in [0.2, 0.25) is 19.6 Å². The van der Waals surface area contributed by atoms with E-state index in [-0.39, 0.29) is 109 Å². The van der Waals surface area contributed by atoms with Crippen molar-refractivity contribution in [3.63, 3.8) is 0 Å². The number of terminal acetylenes is 1. The molecule has 0 bridgehead atoms. The topological polar surface area (TPSA) is 168 Å². The van der Waals surface area contributed by atoms with Gasteiger partial charge < -0.3 is 80.9 Å². The monoisotopic (exact) mass is 2650 g/mol. The Labute approximate surface area is 924 Å². The summed E-state index contributed by atoms with van der Waals surface area (Å²) in [7, 11) is -1.58. The van der Waals surface area contributed by atoms with Crippen molar-refractivity contribution >= 4 is 107 Å². The van der Waals surface area contributed by atoms with Crippen molar-refractivity contribution in [2.75, 3.05) is 26.4 Å². The second-order valence-corrected chi connectivity index (χ2v) is 57.5. The van der Waals surface area contributed by atoms with Gasteiger partial charge in [0.15, 0.2) is 6.29 Å². The van der Waals surface area contributed by atoms with Crippen molar-refractivity contribution in [1.29, 1.82) is 0 Å². The summed E-state index contributed by atoms with van der Waals surface area (Å²) in [6.45, 7) is 21.5. The Balaban J connectivity index is 0.000000194. The fourth-order valence-corrected chi connectivity index (χ4v) is 17.4. The van der Waals surface area contributed by atoms with Gasteiger partial charge in [-0.2, -0.15) is 0 Å². The van der Waals surface area contributed by atoms with Crippen molar-refractivity contribution < 1.29 is 98.5 Å². The molecule has 4 saturated heterocycles. The minimum absolute atomic E-state index is 0. The van der Waals surface area contributed by atoms with Gasteiger partial charge in [0.25, 0.3) is 0 Å². The number of halogens is 7. The molecule has 12 aromatic rings. The summed E-state index contributed by atoms with van der Waals surface area (Å²) in [5.41, 5.74) is 16.6. The van der Waals surface area contributed by atoms with Crippen LogP contribution in [0.1, 0.15) is 94.5 Å². The molecule has 20 atom stereocenters. The molecule has 17 nitrogen and oxygen atoms in total. The molecule has 16 rings (SSSR count). The quantitative estimate of drug-likeness (QED) is 0.0219. The molecular formula is C119H136FI6O17Si-. The first kappa shape index (κ1) is 119. The van der Waals surface area contributed by atoms with E-state index in [1.54, 1.807) is 6.92 Å². The van der Waals surface area contributed by atoms with Gasteiger partial charge in [0.1, 0.15) is 69.1 Å². The first-order valence-corrected chi connectivity index (χ1v) is 71.0. The number of aliphatic hydroxyl groups is 1. The molecule has 768 valence electrons. The number of benzene rings is 12. The van der Waals surface area contributed by atoms with Crippen LogP contribution in [0, 0.1) is 47.5 Å². The number of ether oxygens (including phenoxy) is 16. The normalized spacial score (nSPS) is 23.6. The molecule has 25 heteroatoms. The number of alkyl halides is 1. The maximum absolute atomic E-state index is 14.9. The molecule has 0 radical (unpaired) electrons. The molecular weight excluding hydrogens is 2510 g/mol. The number of hydrogen-bond donors (Lipinski definition) is 1. The van der Waals surface area contributed by atoms with E-state index in [4.69, 9.17) is 82.2 Å². The Hall–Kier alpha value is -6.39. The summed E-state index contributed by atoms with van der Waals surface area (Å²) in [6, 6.07) is 121. The summed E-state index contributed by atoms with van der Waals surface area (Å²) in [4.78, 5) is 0. The second-order valence-electron chi connectivity index (χ2n) is 36.6. The zero-order valence-corrected chi connectivity index (χ0v) is 96.9. The van der Waals surface area contributed by atoms with Crippen molar-refractivity contribution in [3.05, 3.63) is 431 Å². The van der Waals surface area contributed by atoms with E-state index in [0.29, 0.717) is 112 Å². The van der Waals surface area contributed by atoms with Gasteiger partial charge in [-0.3, -0.25) is 0 Å². The van der Waals surface area contributed by atoms with Crippen LogP contribution in [0.5, 0.6) is 0 Å². The molecule has 0 aromatic heterocycles. The molecule has 1 N–H and O–H groups in total. The molecule has 4 fully saturated rings. The van der Waals surface area contributed by atoms with Gasteiger partial charge in [0, 0.05) is 60.9 Å². The Kier molecular flexibility index (Phi) is 56.8. The fourth-order valence-electron chi connectivity index (χ4n) is 16.8. The Morgan fingerprint density at radius 3 is 0.688 bits per heavy atom. The number of aliphatic hydroxyl groups excluding tert-OH is 1. The maximum atomic E-state index is 14.9. The Morgan fingerprint density at radius 2 is 0.465 bits per heavy atom. The third kappa shape index (κ3) is 42.1. The molecule has 12 aromatic carbocycles. The number of hydrogen-bond acceptors (Lipinski definition) is 17. The predicted molar refractivity (Wildman–Crippen MR) is 611 cm³/mol. The third-order valence-corrected chi connectivity index (χ3v) is 25.4. The summed E-state index contributed by atoms with van der Waals surface area (Å²) >= 11 is 9.54. The molecule has 4 aliphatic heterocycles. The van der Waals surface area contributed by atoms with Gasteiger partial charge in [-0.15, -0.1) is 35.9 Å². The van der Waals surface area contributed by atoms with Gasteiger partial charge in [-0.25, -0.2) is 4.39 Å². The molecule has 0 saturated carbocycles. The zero-order valence-electron chi connectivity index (χ0n) is 82.7. The van der Waals surface area contributed by atoms with Crippen molar-refractivity contribution in [2.24, 2.45) is 23.7 Å². The van der Waals surface area contributed by atoms with E-state index in [2.05, 4.69) is 186 Å². The Bertz CT molecular complexity index is 5290. The average molecular weight is 2650 g/mol. The van der Waals surface area contributed by atoms with Crippen molar-refractivity contribution in [3.8, 4) is 23.8 Å². The summed E-state index contributed by atoms with van der Waals surface area (Å²) in [5.74, 6) is 5.56. The minimum atomic E-state index is -1.58. The zero-order chi connectivity index (χ0) is 101. The van der Waals surface area contributed by atoms with E-state index < -0.39 is 51.1 Å². The molecule has 144 heavy (non-hydrogen) atoms. The van der Waals surface area contributed by atoms with Crippen LogP contribution in [0.25, 0.3) is 0 Å². The van der Waals surface area contributed by atoms with Crippen LogP contribution in [-0.4, -0.2) is 138 Å². The van der Waals surface area contributed by atoms with Crippen LogP contribution in [-0.2, 0) is 155 Å². The molecule has 0 aliphatic carbocycles. The standard InChI is InChI=1S/C33H40O4Si.C30H32O4.C28H31FO4.C28H32O5.I3.I2.HI/c1-26-30(20-21-38(2,3)4)37-31(25-34-22-27-14-8-5-9-15-27)33(36-24-29-18-12-7-13-19-29)32(26)35-23-28-16-10-6-11-17-28;1-3-27-23(2)29(32-20-25-15-9-5-10-16-25)30(33-21-26-17-11-6-12-18-26)28(34-27)22-31-19-24-13-7-4-8-14-24;2*1-21-26(31-18-23-13-7-3-8-14-23)27(32-19-24-15-9-4-10-16-24)25(33-28(21)29)20-30-17-22-11-5-2-6-12-22;1-3-2;1-2;/h5-19,26,30-33H,22-25H2,1-4H3;1,4-18,23,27-30H,19-22H2,2H3;2-16,21,25-28H,17-20H2,1H3;2-16,21,25-29H,17-20H2,1H3;;;1H/q;;;;-1;;/t26-,30-,31-,32-,33-;23-,27-,28-,29-,30-;21-,25+,26+,27+,28-;21-,25+,26+,27+,28?;;;/m1100.../s1. The molecule has 4 heterocycles. The van der Waals surface area contributed by atoms with Gasteiger partial charge in [-0.1, -0.05) is 423 Å². The van der Waals surface area contributed by atoms with E-state index in [0.717, 1.165) is 66.8 Å². The van der Waals surface area contributed by atoms with Crippen LogP contribution in [0.15, 0.2) is 364 Å². The molecule has 1 unspecified atom stereocenters. The average Bonchev–Trinajstić information content (AvgIpc) is 0.789. The fraction of sp³-hybridized carbons (Fsp3) is 0.361. The van der Waals surface area contributed by atoms with Gasteiger partial charge in [0.2, 0.25) is 6.36 Å². The first-order chi connectivity index (χ1) is 70.0. The molecule has 4 aliphatic rings. The van der Waals surface area contributed by atoms with E-state index in [1.807, 2.05) is 310 Å². The molecule has 0 spiro atoms. The number of rotatable bonds is 40. The van der Waals surface area contributed by atoms with E-state index >= 15 is 0 Å². The third-order valence-electron chi connectivity index (χ3n) is 24.5. The van der Waals surface area contributed by atoms with Gasteiger partial charge in [-0.05, 0) is 66.8 Å². The van der Waals surface area contributed by atoms with Crippen LogP contribution in [0.4, 0.5) is 4.39 Å². The summed E-state index contributed by atoms with van der Waals surface area (Å²) in [5, 5.41) is 10.6. The molecule has 0 amide bonds. The van der Waals surface area contributed by atoms with E-state index in [1.165, 1.54) is 0 Å². The van der Waals surface area contributed by atoms with Gasteiger partial charge >= 0.3 is 50.5 Å². The Morgan fingerprint density at radius 1 is 0.285 bits per heavy atom. The van der Waals surface area contributed by atoms with Crippen molar-refractivity contribution in [2.45, 2.75) is 225 Å². The SMILES string of the molecule is C#C[C@H]1O[C@H](COCc2ccccc2)[C@@H](OCc2ccccc2)[C@H](OCc2ccccc2)[C@@H]1C.C[C@@H]1C(O)O[C@H](COCc2ccccc2)[C@@H](OCc2ccccc2)[C@@H]1OCc1ccccc1.C[C@H]1[C@@H](OCc2ccccc2)[C@H](OCc2ccccc2)[C@@H](COCc2ccccc2)O[C@@H]1C#C[Si](C)(C)C.C[C@H]1[C@@H](OCc2ccccc2)[C@H](OCc2ccccc2)[C@@H](COCc2ccccc2)O[C@@H]1F.I.II.I[I-]I. The second kappa shape index (κ2) is 68.4. The predicted octanol–water partition coefficient (Wildman–Crippen LogP) is 23.7. The van der Waals surface area contributed by atoms with Crippen LogP contribution < -0.4 is 13.3 Å². The van der Waals surface area contributed by atoms with Crippen LogP contribution in [0.3, 0.4) is 0 Å². The van der Waals surface area contributed by atoms with Crippen molar-refractivity contribution in [1.82, 2.24) is 0 Å². The first-order valence-electron chi connectivity index (χ1n) is 48.6.